The Morgan fingerprint density at radius 1 is 1.29 bits per heavy atom. The fraction of sp³-hybridized carbons (Fsp3) is 0.667. The van der Waals surface area contributed by atoms with Crippen molar-refractivity contribution in [3.63, 3.8) is 0 Å². The van der Waals surface area contributed by atoms with Gasteiger partial charge in [0.1, 0.15) is 18.3 Å². The molecule has 9 nitrogen and oxygen atoms in total. The maximum atomic E-state index is 10.6. The van der Waals surface area contributed by atoms with Gasteiger partial charge in [-0.25, -0.2) is 0 Å². The lowest BCUT2D eigenvalue weighted by Crippen LogP contribution is -2.62. The molecule has 3 heterocycles. The van der Waals surface area contributed by atoms with E-state index < -0.39 is 37.3 Å². The molecule has 24 heavy (non-hydrogen) atoms. The molecule has 0 amide bonds. The van der Waals surface area contributed by atoms with Crippen molar-refractivity contribution in [2.75, 3.05) is 19.7 Å². The number of aliphatic hydroxyl groups is 4. The third kappa shape index (κ3) is 3.13. The second-order valence-corrected chi connectivity index (χ2v) is 6.28. The van der Waals surface area contributed by atoms with Crippen LogP contribution in [0.15, 0.2) is 29.8 Å². The van der Waals surface area contributed by atoms with Crippen LogP contribution in [-0.4, -0.2) is 69.5 Å². The van der Waals surface area contributed by atoms with Gasteiger partial charge in [-0.05, 0) is 12.5 Å². The maximum absolute atomic E-state index is 10.6. The topological polar surface area (TPSA) is 127 Å². The fourth-order valence-corrected chi connectivity index (χ4v) is 3.33. The lowest BCUT2D eigenvalue weighted by Gasteiger charge is -2.36. The SMILES string of the molecule is O=NN1CCC(c2ccc[n+]([C@@H]3OC(CO)[C@@H](O)[C@H](O)[C@@H]3O)c2)C1. The fourth-order valence-electron chi connectivity index (χ4n) is 3.33. The van der Waals surface area contributed by atoms with Crippen LogP contribution in [0.3, 0.4) is 0 Å². The minimum atomic E-state index is -1.42. The van der Waals surface area contributed by atoms with Crippen molar-refractivity contribution < 1.29 is 29.7 Å². The molecule has 0 spiro atoms. The van der Waals surface area contributed by atoms with Crippen molar-refractivity contribution in [2.24, 2.45) is 5.29 Å². The van der Waals surface area contributed by atoms with Crippen LogP contribution >= 0.6 is 0 Å². The van der Waals surface area contributed by atoms with Crippen LogP contribution in [0.2, 0.25) is 0 Å². The average molecular weight is 340 g/mol. The zero-order chi connectivity index (χ0) is 17.3. The summed E-state index contributed by atoms with van der Waals surface area (Å²) >= 11 is 0. The molecule has 6 atom stereocenters. The number of aromatic nitrogens is 1. The molecule has 4 N–H and O–H groups in total. The van der Waals surface area contributed by atoms with Gasteiger partial charge in [0.2, 0.25) is 0 Å². The standard InChI is InChI=1S/C15H22N3O6/c19-8-11-12(20)13(21)14(22)15(24-11)17-4-1-2-9(6-17)10-3-5-18(7-10)16-23/h1-2,4,6,10-15,19-22H,3,5,7-8H2/q+1/t10?,11?,12-,13+,14+,15-/m1/s1. The first-order valence-corrected chi connectivity index (χ1v) is 7.94. The first-order valence-electron chi connectivity index (χ1n) is 7.94. The highest BCUT2D eigenvalue weighted by atomic mass is 16.6. The smallest absolute Gasteiger partial charge is 0.292 e. The molecule has 2 fully saturated rings. The zero-order valence-electron chi connectivity index (χ0n) is 13.0. The number of nitroso groups, excluding NO2 is 1. The van der Waals surface area contributed by atoms with Crippen LogP contribution in [0.1, 0.15) is 24.1 Å². The van der Waals surface area contributed by atoms with Gasteiger partial charge in [-0.3, -0.25) is 5.01 Å². The molecule has 0 radical (unpaired) electrons. The predicted octanol–water partition coefficient (Wildman–Crippen LogP) is -1.58. The number of hydrogen-bond donors (Lipinski definition) is 4. The van der Waals surface area contributed by atoms with Gasteiger partial charge in [0.05, 0.1) is 11.9 Å². The van der Waals surface area contributed by atoms with Gasteiger partial charge < -0.3 is 25.2 Å². The third-order valence-corrected chi connectivity index (χ3v) is 4.76. The number of ether oxygens (including phenoxy) is 1. The van der Waals surface area contributed by atoms with E-state index in [2.05, 4.69) is 5.29 Å². The molecule has 1 aromatic heterocycles. The lowest BCUT2D eigenvalue weighted by atomic mass is 9.97. The van der Waals surface area contributed by atoms with E-state index in [-0.39, 0.29) is 5.92 Å². The highest BCUT2D eigenvalue weighted by Gasteiger charge is 2.48. The molecule has 3 rings (SSSR count). The van der Waals surface area contributed by atoms with Crippen LogP contribution in [0.5, 0.6) is 0 Å². The first kappa shape index (κ1) is 17.2. The maximum Gasteiger partial charge on any atom is 0.292 e. The van der Waals surface area contributed by atoms with E-state index in [0.29, 0.717) is 13.1 Å². The van der Waals surface area contributed by atoms with Crippen LogP contribution in [0, 0.1) is 4.91 Å². The molecule has 2 saturated heterocycles. The number of nitrogens with zero attached hydrogens (tertiary/aromatic N) is 3. The van der Waals surface area contributed by atoms with E-state index in [1.54, 1.807) is 23.0 Å². The van der Waals surface area contributed by atoms with E-state index in [9.17, 15) is 25.3 Å². The Balaban J connectivity index is 1.81. The Hall–Kier alpha value is -1.65. The molecule has 0 aliphatic carbocycles. The summed E-state index contributed by atoms with van der Waals surface area (Å²) in [6.07, 6.45) is -1.75. The molecule has 2 aliphatic rings. The van der Waals surface area contributed by atoms with Crippen molar-refractivity contribution in [2.45, 2.75) is 43.0 Å². The van der Waals surface area contributed by atoms with E-state index in [1.165, 1.54) is 5.01 Å². The molecule has 0 aromatic carbocycles. The Labute approximate surface area is 138 Å². The third-order valence-electron chi connectivity index (χ3n) is 4.76. The first-order chi connectivity index (χ1) is 11.5. The highest BCUT2D eigenvalue weighted by molar-refractivity contribution is 5.14. The molecular formula is C15H22N3O6+. The van der Waals surface area contributed by atoms with Gasteiger partial charge in [0, 0.05) is 30.6 Å². The zero-order valence-corrected chi connectivity index (χ0v) is 13.0. The largest absolute Gasteiger partial charge is 0.394 e. The van der Waals surface area contributed by atoms with Gasteiger partial charge >= 0.3 is 0 Å². The van der Waals surface area contributed by atoms with Crippen molar-refractivity contribution in [3.05, 3.63) is 35.0 Å². The van der Waals surface area contributed by atoms with Crippen LogP contribution < -0.4 is 4.57 Å². The Kier molecular flexibility index (Phi) is 5.07. The van der Waals surface area contributed by atoms with Gasteiger partial charge in [-0.1, -0.05) is 0 Å². The van der Waals surface area contributed by atoms with Crippen molar-refractivity contribution in [1.82, 2.24) is 5.01 Å². The van der Waals surface area contributed by atoms with Crippen molar-refractivity contribution in [1.29, 1.82) is 0 Å². The summed E-state index contributed by atoms with van der Waals surface area (Å²) < 4.78 is 7.16. The second-order valence-electron chi connectivity index (χ2n) is 6.28. The minimum Gasteiger partial charge on any atom is -0.394 e. The number of rotatable bonds is 4. The molecular weight excluding hydrogens is 318 g/mol. The van der Waals surface area contributed by atoms with E-state index >= 15 is 0 Å². The summed E-state index contributed by atoms with van der Waals surface area (Å²) in [6.45, 7) is 0.662. The minimum absolute atomic E-state index is 0.139. The normalized spacial score (nSPS) is 36.8. The molecule has 0 saturated carbocycles. The number of pyridine rings is 1. The quantitative estimate of drug-likeness (QED) is 0.385. The summed E-state index contributed by atoms with van der Waals surface area (Å²) in [6, 6.07) is 3.70. The molecule has 2 aliphatic heterocycles. The Bertz CT molecular complexity index is 586. The van der Waals surface area contributed by atoms with Gasteiger partial charge in [0.25, 0.3) is 6.23 Å². The number of hydrogen-bond acceptors (Lipinski definition) is 7. The molecule has 132 valence electrons. The molecule has 9 heteroatoms. The van der Waals surface area contributed by atoms with Gasteiger partial charge in [0.15, 0.2) is 18.5 Å². The molecule has 0 bridgehead atoms. The summed E-state index contributed by atoms with van der Waals surface area (Å²) in [5, 5.41) is 43.7. The van der Waals surface area contributed by atoms with Crippen LogP contribution in [0.4, 0.5) is 0 Å². The molecule has 2 unspecified atom stereocenters. The predicted molar refractivity (Wildman–Crippen MR) is 80.4 cm³/mol. The summed E-state index contributed by atoms with van der Waals surface area (Å²) in [5.41, 5.74) is 0.959. The Morgan fingerprint density at radius 3 is 2.75 bits per heavy atom. The van der Waals surface area contributed by atoms with Crippen LogP contribution in [-0.2, 0) is 4.74 Å². The van der Waals surface area contributed by atoms with Crippen molar-refractivity contribution >= 4 is 0 Å². The van der Waals surface area contributed by atoms with Gasteiger partial charge in [-0.2, -0.15) is 4.57 Å². The van der Waals surface area contributed by atoms with Gasteiger partial charge in [-0.15, -0.1) is 4.91 Å². The van der Waals surface area contributed by atoms with E-state index in [0.717, 1.165) is 12.0 Å². The van der Waals surface area contributed by atoms with E-state index in [4.69, 9.17) is 4.74 Å². The van der Waals surface area contributed by atoms with Crippen molar-refractivity contribution in [3.8, 4) is 0 Å². The highest BCUT2D eigenvalue weighted by Crippen LogP contribution is 2.28. The molecule has 1 aromatic rings. The van der Waals surface area contributed by atoms with Crippen LogP contribution in [0.25, 0.3) is 0 Å². The monoisotopic (exact) mass is 340 g/mol. The van der Waals surface area contributed by atoms with E-state index in [1.807, 2.05) is 6.07 Å². The second kappa shape index (κ2) is 7.08. The summed E-state index contributed by atoms with van der Waals surface area (Å²) in [4.78, 5) is 10.6. The summed E-state index contributed by atoms with van der Waals surface area (Å²) in [7, 11) is 0. The Morgan fingerprint density at radius 2 is 2.08 bits per heavy atom. The lowest BCUT2D eigenvalue weighted by molar-refractivity contribution is -0.778. The average Bonchev–Trinajstić information content (AvgIpc) is 3.09. The summed E-state index contributed by atoms with van der Waals surface area (Å²) in [5.74, 6) is 0.139. The number of aliphatic hydroxyl groups excluding tert-OH is 4.